The number of primary amides is 1. The van der Waals surface area contributed by atoms with Crippen molar-refractivity contribution in [3.05, 3.63) is 76.8 Å². The summed E-state index contributed by atoms with van der Waals surface area (Å²) in [7, 11) is 0. The number of aromatic nitrogens is 1. The molecule has 9 heteroatoms. The Balaban J connectivity index is 1.75. The highest BCUT2D eigenvalue weighted by Gasteiger charge is 2.30. The summed E-state index contributed by atoms with van der Waals surface area (Å²) < 4.78 is 38.7. The maximum atomic E-state index is 12.9. The molecule has 3 aromatic rings. The van der Waals surface area contributed by atoms with Gasteiger partial charge in [0.15, 0.2) is 0 Å². The summed E-state index contributed by atoms with van der Waals surface area (Å²) in [6, 6.07) is 12.8. The van der Waals surface area contributed by atoms with Crippen molar-refractivity contribution in [2.24, 2.45) is 5.73 Å². The standard InChI is InChI=1S/C20H16F3N3O2S/c21-20(22,23)14-8-4-7-13(10-14)19-26-16(11-29-19)18(28)25-15(17(24)27)9-12-5-2-1-3-6-12/h1-8,10-11,15H,9H2,(H2,24,27)(H,25,28). The van der Waals surface area contributed by atoms with Gasteiger partial charge in [0, 0.05) is 17.4 Å². The van der Waals surface area contributed by atoms with E-state index in [2.05, 4.69) is 10.3 Å². The molecule has 0 spiro atoms. The Kier molecular flexibility index (Phi) is 5.97. The quantitative estimate of drug-likeness (QED) is 0.640. The zero-order chi connectivity index (χ0) is 21.0. The Labute approximate surface area is 168 Å². The normalized spacial score (nSPS) is 12.4. The van der Waals surface area contributed by atoms with Crippen molar-refractivity contribution in [3.63, 3.8) is 0 Å². The number of carbonyl (C=O) groups is 2. The third-order valence-electron chi connectivity index (χ3n) is 4.11. The van der Waals surface area contributed by atoms with Crippen LogP contribution in [0.3, 0.4) is 0 Å². The van der Waals surface area contributed by atoms with Crippen molar-refractivity contribution in [1.82, 2.24) is 10.3 Å². The Morgan fingerprint density at radius 3 is 2.48 bits per heavy atom. The molecule has 1 aromatic heterocycles. The fourth-order valence-electron chi connectivity index (χ4n) is 2.64. The molecule has 1 unspecified atom stereocenters. The maximum Gasteiger partial charge on any atom is 0.416 e. The number of rotatable bonds is 6. The van der Waals surface area contributed by atoms with Gasteiger partial charge in [-0.3, -0.25) is 9.59 Å². The molecule has 2 aromatic carbocycles. The molecule has 0 aliphatic rings. The van der Waals surface area contributed by atoms with Crippen LogP contribution in [0, 0.1) is 0 Å². The number of alkyl halides is 3. The van der Waals surface area contributed by atoms with Gasteiger partial charge in [-0.1, -0.05) is 42.5 Å². The Morgan fingerprint density at radius 2 is 1.83 bits per heavy atom. The van der Waals surface area contributed by atoms with Gasteiger partial charge in [-0.05, 0) is 17.7 Å². The van der Waals surface area contributed by atoms with Crippen LogP contribution in [0.5, 0.6) is 0 Å². The number of hydrogen-bond donors (Lipinski definition) is 2. The Morgan fingerprint density at radius 1 is 1.10 bits per heavy atom. The molecule has 0 radical (unpaired) electrons. The van der Waals surface area contributed by atoms with Crippen LogP contribution in [0.15, 0.2) is 60.0 Å². The molecule has 0 saturated heterocycles. The minimum Gasteiger partial charge on any atom is -0.368 e. The number of hydrogen-bond acceptors (Lipinski definition) is 4. The van der Waals surface area contributed by atoms with Gasteiger partial charge >= 0.3 is 6.18 Å². The van der Waals surface area contributed by atoms with Crippen LogP contribution < -0.4 is 11.1 Å². The van der Waals surface area contributed by atoms with E-state index in [0.29, 0.717) is 0 Å². The van der Waals surface area contributed by atoms with E-state index in [-0.39, 0.29) is 22.7 Å². The van der Waals surface area contributed by atoms with Crippen LogP contribution in [0.25, 0.3) is 10.6 Å². The highest BCUT2D eigenvalue weighted by Crippen LogP contribution is 2.33. The van der Waals surface area contributed by atoms with E-state index in [1.165, 1.54) is 17.5 Å². The second-order valence-corrected chi connectivity index (χ2v) is 7.09. The molecule has 0 aliphatic carbocycles. The van der Waals surface area contributed by atoms with Crippen LogP contribution >= 0.6 is 11.3 Å². The number of halogens is 3. The molecule has 0 bridgehead atoms. The van der Waals surface area contributed by atoms with E-state index in [1.807, 2.05) is 6.07 Å². The van der Waals surface area contributed by atoms with Crippen molar-refractivity contribution in [2.45, 2.75) is 18.6 Å². The van der Waals surface area contributed by atoms with Crippen molar-refractivity contribution >= 4 is 23.2 Å². The zero-order valence-electron chi connectivity index (χ0n) is 14.9. The van der Waals surface area contributed by atoms with Gasteiger partial charge in [-0.25, -0.2) is 4.98 Å². The molecule has 3 rings (SSSR count). The molecule has 29 heavy (non-hydrogen) atoms. The van der Waals surface area contributed by atoms with Crippen LogP contribution in [0.4, 0.5) is 13.2 Å². The SMILES string of the molecule is NC(=O)C(Cc1ccccc1)NC(=O)c1csc(-c2cccc(C(F)(F)F)c2)n1. The summed E-state index contributed by atoms with van der Waals surface area (Å²) in [6.45, 7) is 0. The first-order chi connectivity index (χ1) is 13.7. The van der Waals surface area contributed by atoms with E-state index in [4.69, 9.17) is 5.73 Å². The fraction of sp³-hybridized carbons (Fsp3) is 0.150. The van der Waals surface area contributed by atoms with E-state index in [0.717, 1.165) is 29.0 Å². The lowest BCUT2D eigenvalue weighted by Crippen LogP contribution is -2.45. The number of nitrogens with zero attached hydrogens (tertiary/aromatic N) is 1. The lowest BCUT2D eigenvalue weighted by Gasteiger charge is -2.14. The average Bonchev–Trinajstić information content (AvgIpc) is 3.18. The summed E-state index contributed by atoms with van der Waals surface area (Å²) in [4.78, 5) is 28.3. The fourth-order valence-corrected chi connectivity index (χ4v) is 3.44. The van der Waals surface area contributed by atoms with Gasteiger partial charge in [-0.15, -0.1) is 11.3 Å². The highest BCUT2D eigenvalue weighted by atomic mass is 32.1. The van der Waals surface area contributed by atoms with Gasteiger partial charge < -0.3 is 11.1 Å². The Hall–Kier alpha value is -3.20. The molecule has 1 heterocycles. The van der Waals surface area contributed by atoms with Gasteiger partial charge in [0.2, 0.25) is 5.91 Å². The maximum absolute atomic E-state index is 12.9. The van der Waals surface area contributed by atoms with Crippen LogP contribution in [-0.2, 0) is 17.4 Å². The first-order valence-electron chi connectivity index (χ1n) is 8.51. The van der Waals surface area contributed by atoms with Crippen molar-refractivity contribution in [3.8, 4) is 10.6 Å². The van der Waals surface area contributed by atoms with Gasteiger partial charge in [-0.2, -0.15) is 13.2 Å². The minimum atomic E-state index is -4.47. The third-order valence-corrected chi connectivity index (χ3v) is 5.00. The van der Waals surface area contributed by atoms with Crippen molar-refractivity contribution < 1.29 is 22.8 Å². The summed E-state index contributed by atoms with van der Waals surface area (Å²) in [5, 5.41) is 4.22. The van der Waals surface area contributed by atoms with Crippen LogP contribution in [-0.4, -0.2) is 22.8 Å². The largest absolute Gasteiger partial charge is 0.416 e. The van der Waals surface area contributed by atoms with Gasteiger partial charge in [0.05, 0.1) is 5.56 Å². The predicted molar refractivity (Wildman–Crippen MR) is 103 cm³/mol. The van der Waals surface area contributed by atoms with Crippen molar-refractivity contribution in [2.75, 3.05) is 0 Å². The number of carbonyl (C=O) groups excluding carboxylic acids is 2. The third kappa shape index (κ3) is 5.20. The first-order valence-corrected chi connectivity index (χ1v) is 9.39. The first kappa shape index (κ1) is 20.5. The van der Waals surface area contributed by atoms with Crippen molar-refractivity contribution in [1.29, 1.82) is 0 Å². The Bertz CT molecular complexity index is 1020. The van der Waals surface area contributed by atoms with Crippen LogP contribution in [0.1, 0.15) is 21.6 Å². The molecule has 0 fully saturated rings. The summed E-state index contributed by atoms with van der Waals surface area (Å²) in [5.74, 6) is -1.32. The van der Waals surface area contributed by atoms with Gasteiger partial charge in [0.25, 0.3) is 5.91 Å². The van der Waals surface area contributed by atoms with Gasteiger partial charge in [0.1, 0.15) is 16.7 Å². The van der Waals surface area contributed by atoms with Crippen LogP contribution in [0.2, 0.25) is 0 Å². The molecule has 0 saturated carbocycles. The minimum absolute atomic E-state index is 0.00160. The van der Waals surface area contributed by atoms with E-state index in [1.54, 1.807) is 24.3 Å². The molecule has 3 N–H and O–H groups in total. The molecular formula is C20H16F3N3O2S. The number of thiazole rings is 1. The van der Waals surface area contributed by atoms with E-state index in [9.17, 15) is 22.8 Å². The summed E-state index contributed by atoms with van der Waals surface area (Å²) in [6.07, 6.45) is -4.26. The van der Waals surface area contributed by atoms with E-state index < -0.39 is 29.6 Å². The number of benzene rings is 2. The van der Waals surface area contributed by atoms with E-state index >= 15 is 0 Å². The zero-order valence-corrected chi connectivity index (χ0v) is 15.8. The molecule has 5 nitrogen and oxygen atoms in total. The summed E-state index contributed by atoms with van der Waals surface area (Å²) >= 11 is 1.03. The lowest BCUT2D eigenvalue weighted by atomic mass is 10.1. The lowest BCUT2D eigenvalue weighted by molar-refractivity contribution is -0.137. The number of nitrogens with two attached hydrogens (primary N) is 1. The topological polar surface area (TPSA) is 85.1 Å². The molecular weight excluding hydrogens is 403 g/mol. The molecule has 2 amide bonds. The molecule has 0 aliphatic heterocycles. The average molecular weight is 419 g/mol. The molecule has 150 valence electrons. The predicted octanol–water partition coefficient (Wildman–Crippen LogP) is 3.66. The number of amides is 2. The molecule has 1 atom stereocenters. The number of nitrogens with one attached hydrogen (secondary N) is 1. The smallest absolute Gasteiger partial charge is 0.368 e. The second-order valence-electron chi connectivity index (χ2n) is 6.23. The highest BCUT2D eigenvalue weighted by molar-refractivity contribution is 7.13. The summed E-state index contributed by atoms with van der Waals surface area (Å²) in [5.41, 5.74) is 5.66. The second kappa shape index (κ2) is 8.44. The monoisotopic (exact) mass is 419 g/mol.